The Hall–Kier alpha value is -3.28. The fourth-order valence-electron chi connectivity index (χ4n) is 0.451. The van der Waals surface area contributed by atoms with Gasteiger partial charge in [0.15, 0.2) is 0 Å². The number of hydrogen-bond donors (Lipinski definition) is 2. The highest BCUT2D eigenvalue weighted by Crippen LogP contribution is 1.76. The summed E-state index contributed by atoms with van der Waals surface area (Å²) in [5.41, 5.74) is 0. The Morgan fingerprint density at radius 3 is 0.435 bits per heavy atom. The Kier molecular flexibility index (Phi) is 453. The highest BCUT2D eigenvalue weighted by molar-refractivity contribution is 4.54. The Labute approximate surface area is 293 Å². The van der Waals surface area contributed by atoms with Crippen LogP contribution >= 0.6 is 0 Å². The van der Waals surface area contributed by atoms with Gasteiger partial charge in [-0.3, -0.25) is 0 Å². The first-order chi connectivity index (χ1) is 21.9. The average molecular weight is 655 g/mol. The van der Waals surface area contributed by atoms with Crippen LogP contribution in [0.15, 0.2) is 152 Å². The summed E-state index contributed by atoms with van der Waals surface area (Å²) < 4.78 is 9.75. The maximum Gasteiger partial charge on any atom is 0.0701 e. The number of ether oxygens (including phenoxy) is 2. The molecule has 0 aromatic heterocycles. The molecule has 2 N–H and O–H groups in total. The minimum absolute atomic E-state index is 0.0417. The second-order valence-corrected chi connectivity index (χ2v) is 6.57. The SMILES string of the molecule is C=CC.C=CC.C=CC.C=CC.C=CC.C=CC.C=CC.C=CC.C=CC.C=CC.C=CC.C=CC.OCCOCCOCCO. The summed E-state index contributed by atoms with van der Waals surface area (Å²) in [7, 11) is 0. The van der Waals surface area contributed by atoms with E-state index in [1.165, 1.54) is 0 Å². The molecule has 4 nitrogen and oxygen atoms in total. The first kappa shape index (κ1) is 84.2. The molecular formula is C42H86O4. The summed E-state index contributed by atoms with van der Waals surface area (Å²) in [4.78, 5) is 0. The van der Waals surface area contributed by atoms with Crippen LogP contribution in [0.2, 0.25) is 0 Å². The zero-order chi connectivity index (χ0) is 40.1. The van der Waals surface area contributed by atoms with Crippen LogP contribution in [-0.2, 0) is 9.47 Å². The smallest absolute Gasteiger partial charge is 0.0701 e. The summed E-state index contributed by atoms with van der Waals surface area (Å²) in [5.74, 6) is 0. The van der Waals surface area contributed by atoms with E-state index in [4.69, 9.17) is 19.7 Å². The number of aliphatic hydroxyl groups is 2. The van der Waals surface area contributed by atoms with Gasteiger partial charge in [0.2, 0.25) is 0 Å². The summed E-state index contributed by atoms with van der Waals surface area (Å²) >= 11 is 0. The van der Waals surface area contributed by atoms with Crippen LogP contribution in [0.5, 0.6) is 0 Å². The van der Waals surface area contributed by atoms with Crippen molar-refractivity contribution in [2.75, 3.05) is 39.6 Å². The van der Waals surface area contributed by atoms with E-state index in [1.807, 2.05) is 83.1 Å². The minimum Gasteiger partial charge on any atom is -0.394 e. The summed E-state index contributed by atoms with van der Waals surface area (Å²) in [6.07, 6.45) is 21.0. The molecule has 0 rings (SSSR count). The normalized spacial score (nSPS) is 5.61. The highest BCUT2D eigenvalue weighted by Gasteiger charge is 1.86. The molecule has 46 heavy (non-hydrogen) atoms. The standard InChI is InChI=1S/C6H14O4.12C3H6/c7-1-3-9-5-6-10-4-2-8;12*1-3-2/h7-8H,1-6H2;12*3H,1H2,2H3. The van der Waals surface area contributed by atoms with Gasteiger partial charge in [0.1, 0.15) is 0 Å². The maximum absolute atomic E-state index is 8.26. The molecule has 0 bridgehead atoms. The van der Waals surface area contributed by atoms with E-state index in [-0.39, 0.29) is 13.2 Å². The quantitative estimate of drug-likeness (QED) is 0.212. The third-order valence-electron chi connectivity index (χ3n) is 0.843. The van der Waals surface area contributed by atoms with Gasteiger partial charge in [-0.2, -0.15) is 0 Å². The Bertz CT molecular complexity index is 339. The molecule has 0 spiro atoms. The van der Waals surface area contributed by atoms with Crippen molar-refractivity contribution in [3.8, 4) is 0 Å². The van der Waals surface area contributed by atoms with Gasteiger partial charge in [0.25, 0.3) is 0 Å². The zero-order valence-electron chi connectivity index (χ0n) is 33.4. The predicted molar refractivity (Wildman–Crippen MR) is 226 cm³/mol. The van der Waals surface area contributed by atoms with Gasteiger partial charge < -0.3 is 19.7 Å². The lowest BCUT2D eigenvalue weighted by atomic mass is 10.7. The van der Waals surface area contributed by atoms with E-state index >= 15 is 0 Å². The molecule has 0 aliphatic carbocycles. The summed E-state index contributed by atoms with van der Waals surface area (Å²) in [5, 5.41) is 16.5. The number of rotatable bonds is 7. The highest BCUT2D eigenvalue weighted by atomic mass is 16.5. The molecule has 278 valence electrons. The van der Waals surface area contributed by atoms with Gasteiger partial charge in [0.05, 0.1) is 39.6 Å². The van der Waals surface area contributed by atoms with Crippen molar-refractivity contribution < 1.29 is 19.7 Å². The van der Waals surface area contributed by atoms with E-state index in [1.54, 1.807) is 72.9 Å². The molecule has 4 heteroatoms. The van der Waals surface area contributed by atoms with E-state index in [2.05, 4.69) is 78.9 Å². The van der Waals surface area contributed by atoms with Crippen LogP contribution < -0.4 is 0 Å². The monoisotopic (exact) mass is 655 g/mol. The molecule has 0 saturated heterocycles. The van der Waals surface area contributed by atoms with Crippen molar-refractivity contribution in [2.45, 2.75) is 83.1 Å². The molecule has 0 unspecified atom stereocenters. The van der Waals surface area contributed by atoms with Gasteiger partial charge >= 0.3 is 0 Å². The van der Waals surface area contributed by atoms with Crippen molar-refractivity contribution >= 4 is 0 Å². The van der Waals surface area contributed by atoms with Crippen molar-refractivity contribution in [3.05, 3.63) is 152 Å². The zero-order valence-corrected chi connectivity index (χ0v) is 33.4. The molecule has 0 radical (unpaired) electrons. The second-order valence-electron chi connectivity index (χ2n) is 6.57. The summed E-state index contributed by atoms with van der Waals surface area (Å²) in [6, 6.07) is 0. The molecule has 0 aromatic rings. The number of allylic oxidation sites excluding steroid dienone is 12. The topological polar surface area (TPSA) is 58.9 Å². The van der Waals surface area contributed by atoms with Crippen LogP contribution in [0.1, 0.15) is 83.1 Å². The fraction of sp³-hybridized carbons (Fsp3) is 0.429. The van der Waals surface area contributed by atoms with Crippen LogP contribution in [0.3, 0.4) is 0 Å². The number of aliphatic hydroxyl groups excluding tert-OH is 2. The van der Waals surface area contributed by atoms with Gasteiger partial charge in [-0.1, -0.05) is 72.9 Å². The Morgan fingerprint density at radius 2 is 0.370 bits per heavy atom. The first-order valence-electron chi connectivity index (χ1n) is 15.1. The molecular weight excluding hydrogens is 568 g/mol. The third-order valence-corrected chi connectivity index (χ3v) is 0.843. The van der Waals surface area contributed by atoms with Gasteiger partial charge in [-0.25, -0.2) is 0 Å². The molecule has 0 aromatic carbocycles. The van der Waals surface area contributed by atoms with Crippen molar-refractivity contribution in [2.24, 2.45) is 0 Å². The molecule has 0 amide bonds. The largest absolute Gasteiger partial charge is 0.394 e. The third kappa shape index (κ3) is 4640. The van der Waals surface area contributed by atoms with E-state index in [0.717, 1.165) is 0 Å². The predicted octanol–water partition coefficient (Wildman–Crippen LogP) is 13.3. The van der Waals surface area contributed by atoms with E-state index in [9.17, 15) is 0 Å². The maximum atomic E-state index is 8.26. The molecule has 0 atom stereocenters. The first-order valence-corrected chi connectivity index (χ1v) is 15.1. The Morgan fingerprint density at radius 1 is 0.283 bits per heavy atom. The molecule has 0 aliphatic heterocycles. The average Bonchev–Trinajstić information content (AvgIpc) is 2.96. The van der Waals surface area contributed by atoms with Gasteiger partial charge in [-0.15, -0.1) is 78.9 Å². The molecule has 0 saturated carbocycles. The minimum atomic E-state index is 0.0417. The molecule has 0 heterocycles. The summed E-state index contributed by atoms with van der Waals surface area (Å²) in [6.45, 7) is 64.7. The van der Waals surface area contributed by atoms with E-state index in [0.29, 0.717) is 26.4 Å². The Balaban J connectivity index is -0.0000000242. The van der Waals surface area contributed by atoms with Crippen LogP contribution in [0.25, 0.3) is 0 Å². The van der Waals surface area contributed by atoms with Crippen molar-refractivity contribution in [1.82, 2.24) is 0 Å². The van der Waals surface area contributed by atoms with Gasteiger partial charge in [-0.05, 0) is 83.1 Å². The van der Waals surface area contributed by atoms with E-state index < -0.39 is 0 Å². The lowest BCUT2D eigenvalue weighted by Gasteiger charge is -2.01. The lowest BCUT2D eigenvalue weighted by Crippen LogP contribution is -2.09. The molecule has 0 aliphatic rings. The number of hydrogen-bond acceptors (Lipinski definition) is 4. The molecule has 0 fully saturated rings. The lowest BCUT2D eigenvalue weighted by molar-refractivity contribution is 0.0222. The van der Waals surface area contributed by atoms with Crippen LogP contribution in [0, 0.1) is 0 Å². The van der Waals surface area contributed by atoms with Crippen LogP contribution in [0.4, 0.5) is 0 Å². The van der Waals surface area contributed by atoms with Crippen molar-refractivity contribution in [1.29, 1.82) is 0 Å². The second kappa shape index (κ2) is 247. The van der Waals surface area contributed by atoms with Gasteiger partial charge in [0, 0.05) is 0 Å². The van der Waals surface area contributed by atoms with Crippen molar-refractivity contribution in [3.63, 3.8) is 0 Å². The van der Waals surface area contributed by atoms with Crippen LogP contribution in [-0.4, -0.2) is 49.9 Å². The fourth-order valence-corrected chi connectivity index (χ4v) is 0.451.